The number of nitrogens with one attached hydrogen (secondary N) is 1. The Morgan fingerprint density at radius 2 is 2.12 bits per heavy atom. The van der Waals surface area contributed by atoms with E-state index in [0.717, 1.165) is 24.3 Å². The second-order valence-corrected chi connectivity index (χ2v) is 3.11. The highest BCUT2D eigenvalue weighted by Crippen LogP contribution is 2.34. The maximum atomic E-state index is 12.4. The zero-order valence-corrected chi connectivity index (χ0v) is 8.97. The molecule has 17 heavy (non-hydrogen) atoms. The first-order valence-corrected chi connectivity index (χ1v) is 4.57. The van der Waals surface area contributed by atoms with Crippen molar-refractivity contribution in [1.29, 1.82) is 0 Å². The maximum absolute atomic E-state index is 12.4. The van der Waals surface area contributed by atoms with Gasteiger partial charge in [0.25, 0.3) is 0 Å². The Labute approximate surface area is 95.9 Å². The molecule has 0 bridgehead atoms. The number of anilines is 1. The van der Waals surface area contributed by atoms with Crippen molar-refractivity contribution in [2.75, 3.05) is 12.4 Å². The van der Waals surface area contributed by atoms with E-state index in [4.69, 9.17) is 4.74 Å². The topological polar surface area (TPSA) is 38.3 Å². The van der Waals surface area contributed by atoms with Gasteiger partial charge in [0.1, 0.15) is 5.75 Å². The predicted octanol–water partition coefficient (Wildman–Crippen LogP) is 2.84. The molecule has 1 aromatic rings. The Kier molecular flexibility index (Phi) is 3.77. The fourth-order valence-electron chi connectivity index (χ4n) is 1.17. The van der Waals surface area contributed by atoms with Gasteiger partial charge in [-0.05, 0) is 24.3 Å². The Balaban J connectivity index is 3.15. The van der Waals surface area contributed by atoms with Gasteiger partial charge >= 0.3 is 6.18 Å². The molecule has 92 valence electrons. The highest BCUT2D eigenvalue weighted by atomic mass is 19.4. The molecular weight excluding hydrogens is 235 g/mol. The number of hydrogen-bond donors (Lipinski definition) is 1. The minimum atomic E-state index is -4.47. The zero-order chi connectivity index (χ0) is 13.1. The number of rotatable bonds is 3. The summed E-state index contributed by atoms with van der Waals surface area (Å²) in [5.41, 5.74) is -0.912. The van der Waals surface area contributed by atoms with E-state index in [1.54, 1.807) is 0 Å². The number of carbonyl (C=O) groups excluding carboxylic acids is 1. The normalized spacial score (nSPS) is 10.8. The molecule has 0 spiro atoms. The molecule has 0 saturated heterocycles. The van der Waals surface area contributed by atoms with Crippen LogP contribution < -0.4 is 10.1 Å². The molecular formula is C11H10F3NO2. The van der Waals surface area contributed by atoms with E-state index in [9.17, 15) is 18.0 Å². The standard InChI is InChI=1S/C11H10F3NO2/c1-3-10(16)15-8-6-7(11(12,13)14)4-5-9(8)17-2/h3-6H,1H2,2H3,(H,15,16). The Bertz CT molecular complexity index is 441. The number of halogens is 3. The van der Waals surface area contributed by atoms with Gasteiger partial charge < -0.3 is 10.1 Å². The molecule has 1 aromatic carbocycles. The first kappa shape index (κ1) is 13.1. The maximum Gasteiger partial charge on any atom is 0.416 e. The number of hydrogen-bond acceptors (Lipinski definition) is 2. The summed E-state index contributed by atoms with van der Waals surface area (Å²) < 4.78 is 42.2. The van der Waals surface area contributed by atoms with Crippen molar-refractivity contribution in [3.8, 4) is 5.75 Å². The average Bonchev–Trinajstić information content (AvgIpc) is 2.27. The SMILES string of the molecule is C=CC(=O)Nc1cc(C(F)(F)F)ccc1OC. The van der Waals surface area contributed by atoms with Crippen LogP contribution in [0.15, 0.2) is 30.9 Å². The van der Waals surface area contributed by atoms with Gasteiger partial charge in [-0.25, -0.2) is 0 Å². The monoisotopic (exact) mass is 245 g/mol. The lowest BCUT2D eigenvalue weighted by molar-refractivity contribution is -0.137. The molecule has 3 nitrogen and oxygen atoms in total. The van der Waals surface area contributed by atoms with Gasteiger partial charge in [0, 0.05) is 0 Å². The third-order valence-electron chi connectivity index (χ3n) is 1.97. The molecule has 0 aliphatic heterocycles. The van der Waals surface area contributed by atoms with Crippen molar-refractivity contribution >= 4 is 11.6 Å². The van der Waals surface area contributed by atoms with E-state index in [-0.39, 0.29) is 11.4 Å². The molecule has 6 heteroatoms. The van der Waals surface area contributed by atoms with Crippen molar-refractivity contribution in [3.63, 3.8) is 0 Å². The molecule has 1 N–H and O–H groups in total. The second kappa shape index (κ2) is 4.90. The summed E-state index contributed by atoms with van der Waals surface area (Å²) >= 11 is 0. The van der Waals surface area contributed by atoms with Gasteiger partial charge in [0.05, 0.1) is 18.4 Å². The van der Waals surface area contributed by atoms with Crippen LogP contribution in [-0.4, -0.2) is 13.0 Å². The fraction of sp³-hybridized carbons (Fsp3) is 0.182. The molecule has 1 rings (SSSR count). The molecule has 0 unspecified atom stereocenters. The van der Waals surface area contributed by atoms with Gasteiger partial charge in [-0.2, -0.15) is 13.2 Å². The van der Waals surface area contributed by atoms with Crippen LogP contribution in [0.4, 0.5) is 18.9 Å². The predicted molar refractivity (Wildman–Crippen MR) is 56.8 cm³/mol. The molecule has 0 aliphatic rings. The van der Waals surface area contributed by atoms with E-state index in [1.807, 2.05) is 0 Å². The van der Waals surface area contributed by atoms with Gasteiger partial charge in [0.15, 0.2) is 0 Å². The van der Waals surface area contributed by atoms with Crippen molar-refractivity contribution in [3.05, 3.63) is 36.4 Å². The number of methoxy groups -OCH3 is 1. The number of carbonyl (C=O) groups is 1. The molecule has 0 fully saturated rings. The van der Waals surface area contributed by atoms with Gasteiger partial charge in [0.2, 0.25) is 5.91 Å². The summed E-state index contributed by atoms with van der Waals surface area (Å²) in [6, 6.07) is 2.82. The molecule has 0 heterocycles. The van der Waals surface area contributed by atoms with Crippen LogP contribution in [0, 0.1) is 0 Å². The summed E-state index contributed by atoms with van der Waals surface area (Å²) in [4.78, 5) is 11.0. The Morgan fingerprint density at radius 3 is 2.59 bits per heavy atom. The zero-order valence-electron chi connectivity index (χ0n) is 8.97. The van der Waals surface area contributed by atoms with Gasteiger partial charge in [-0.15, -0.1) is 0 Å². The number of ether oxygens (including phenoxy) is 1. The minimum absolute atomic E-state index is 0.0489. The molecule has 1 amide bonds. The van der Waals surface area contributed by atoms with Crippen LogP contribution >= 0.6 is 0 Å². The molecule has 0 aliphatic carbocycles. The molecule has 0 radical (unpaired) electrons. The fourth-order valence-corrected chi connectivity index (χ4v) is 1.17. The number of benzene rings is 1. The van der Waals surface area contributed by atoms with Crippen LogP contribution in [0.3, 0.4) is 0 Å². The highest BCUT2D eigenvalue weighted by molar-refractivity contribution is 5.99. The van der Waals surface area contributed by atoms with Gasteiger partial charge in [-0.3, -0.25) is 4.79 Å². The lowest BCUT2D eigenvalue weighted by Gasteiger charge is -2.12. The van der Waals surface area contributed by atoms with E-state index in [2.05, 4.69) is 11.9 Å². The molecule has 0 atom stereocenters. The summed E-state index contributed by atoms with van der Waals surface area (Å²) in [5.74, 6) is -0.462. The van der Waals surface area contributed by atoms with E-state index in [1.165, 1.54) is 7.11 Å². The summed E-state index contributed by atoms with van der Waals surface area (Å²) in [6.07, 6.45) is -3.51. The minimum Gasteiger partial charge on any atom is -0.495 e. The first-order valence-electron chi connectivity index (χ1n) is 4.57. The molecule has 0 aromatic heterocycles. The van der Waals surface area contributed by atoms with Crippen LogP contribution in [-0.2, 0) is 11.0 Å². The highest BCUT2D eigenvalue weighted by Gasteiger charge is 2.31. The largest absolute Gasteiger partial charge is 0.495 e. The van der Waals surface area contributed by atoms with Crippen LogP contribution in [0.25, 0.3) is 0 Å². The van der Waals surface area contributed by atoms with Crippen LogP contribution in [0.2, 0.25) is 0 Å². The van der Waals surface area contributed by atoms with E-state index < -0.39 is 17.6 Å². The van der Waals surface area contributed by atoms with Crippen molar-refractivity contribution in [2.45, 2.75) is 6.18 Å². The number of alkyl halides is 3. The first-order chi connectivity index (χ1) is 7.88. The average molecular weight is 245 g/mol. The Hall–Kier alpha value is -1.98. The smallest absolute Gasteiger partial charge is 0.416 e. The third kappa shape index (κ3) is 3.24. The van der Waals surface area contributed by atoms with Gasteiger partial charge in [-0.1, -0.05) is 6.58 Å². The number of amides is 1. The quantitative estimate of drug-likeness (QED) is 0.831. The van der Waals surface area contributed by atoms with Crippen molar-refractivity contribution < 1.29 is 22.7 Å². The van der Waals surface area contributed by atoms with Crippen LogP contribution in [0.1, 0.15) is 5.56 Å². The lowest BCUT2D eigenvalue weighted by Crippen LogP contribution is -2.11. The summed E-state index contributed by atoms with van der Waals surface area (Å²) in [7, 11) is 1.30. The van der Waals surface area contributed by atoms with E-state index in [0.29, 0.717) is 0 Å². The summed E-state index contributed by atoms with van der Waals surface area (Å²) in [6.45, 7) is 3.21. The van der Waals surface area contributed by atoms with Crippen molar-refractivity contribution in [1.82, 2.24) is 0 Å². The second-order valence-electron chi connectivity index (χ2n) is 3.11. The van der Waals surface area contributed by atoms with Crippen LogP contribution in [0.5, 0.6) is 5.75 Å². The van der Waals surface area contributed by atoms with E-state index >= 15 is 0 Å². The summed E-state index contributed by atoms with van der Waals surface area (Å²) in [5, 5.41) is 2.24. The lowest BCUT2D eigenvalue weighted by atomic mass is 10.1. The molecule has 0 saturated carbocycles. The van der Waals surface area contributed by atoms with Crippen molar-refractivity contribution in [2.24, 2.45) is 0 Å². The third-order valence-corrected chi connectivity index (χ3v) is 1.97. The Morgan fingerprint density at radius 1 is 1.47 bits per heavy atom.